The third-order valence-electron chi connectivity index (χ3n) is 3.23. The Labute approximate surface area is 123 Å². The number of nitrogens with zero attached hydrogens (tertiary/aromatic N) is 1. The van der Waals surface area contributed by atoms with Crippen LogP contribution in [0.25, 0.3) is 10.9 Å². The zero-order chi connectivity index (χ0) is 14.1. The average molecular weight is 283 g/mol. The van der Waals surface area contributed by atoms with Crippen LogP contribution in [0.2, 0.25) is 5.02 Å². The molecule has 0 bridgehead atoms. The molecule has 0 radical (unpaired) electrons. The summed E-state index contributed by atoms with van der Waals surface area (Å²) in [6.07, 6.45) is 0. The fourth-order valence-corrected chi connectivity index (χ4v) is 2.40. The van der Waals surface area contributed by atoms with Crippen molar-refractivity contribution in [2.45, 2.75) is 13.8 Å². The first-order valence-electron chi connectivity index (χ1n) is 6.52. The minimum Gasteiger partial charge on any atom is -0.355 e. The predicted octanol–water partition coefficient (Wildman–Crippen LogP) is 5.25. The van der Waals surface area contributed by atoms with Gasteiger partial charge in [-0.05, 0) is 50.2 Å². The molecule has 2 nitrogen and oxygen atoms in total. The van der Waals surface area contributed by atoms with E-state index in [1.54, 1.807) is 0 Å². The van der Waals surface area contributed by atoms with Crippen molar-refractivity contribution in [3.8, 4) is 0 Å². The first kappa shape index (κ1) is 12.9. The maximum Gasteiger partial charge on any atom is 0.0740 e. The monoisotopic (exact) mass is 282 g/mol. The van der Waals surface area contributed by atoms with Gasteiger partial charge in [-0.2, -0.15) is 0 Å². The zero-order valence-electron chi connectivity index (χ0n) is 11.4. The van der Waals surface area contributed by atoms with Gasteiger partial charge < -0.3 is 5.32 Å². The second-order valence-corrected chi connectivity index (χ2v) is 5.40. The molecule has 0 saturated heterocycles. The number of hydrogen-bond acceptors (Lipinski definition) is 2. The number of pyridine rings is 1. The van der Waals surface area contributed by atoms with Crippen molar-refractivity contribution in [2.75, 3.05) is 5.32 Å². The number of hydrogen-bond donors (Lipinski definition) is 1. The summed E-state index contributed by atoms with van der Waals surface area (Å²) in [4.78, 5) is 4.53. The average Bonchev–Trinajstić information content (AvgIpc) is 2.40. The highest BCUT2D eigenvalue weighted by molar-refractivity contribution is 6.31. The molecule has 1 heterocycles. The molecule has 20 heavy (non-hydrogen) atoms. The van der Waals surface area contributed by atoms with Gasteiger partial charge in [0.2, 0.25) is 0 Å². The van der Waals surface area contributed by atoms with Crippen LogP contribution in [-0.2, 0) is 0 Å². The van der Waals surface area contributed by atoms with Gasteiger partial charge in [0, 0.05) is 27.5 Å². The van der Waals surface area contributed by atoms with Crippen LogP contribution in [0.15, 0.2) is 48.5 Å². The Kier molecular flexibility index (Phi) is 3.33. The molecule has 1 aromatic heterocycles. The van der Waals surface area contributed by atoms with E-state index in [-0.39, 0.29) is 0 Å². The van der Waals surface area contributed by atoms with Crippen LogP contribution in [0, 0.1) is 13.8 Å². The quantitative estimate of drug-likeness (QED) is 0.694. The zero-order valence-corrected chi connectivity index (χ0v) is 12.2. The highest BCUT2D eigenvalue weighted by Gasteiger charge is 2.05. The van der Waals surface area contributed by atoms with Gasteiger partial charge in [0.1, 0.15) is 0 Å². The van der Waals surface area contributed by atoms with Crippen LogP contribution in [0.5, 0.6) is 0 Å². The molecule has 3 heteroatoms. The first-order chi connectivity index (χ1) is 9.61. The van der Waals surface area contributed by atoms with Crippen LogP contribution < -0.4 is 5.32 Å². The minimum absolute atomic E-state index is 0.705. The summed E-state index contributed by atoms with van der Waals surface area (Å²) in [5, 5.41) is 5.23. The van der Waals surface area contributed by atoms with Crippen LogP contribution in [0.1, 0.15) is 11.3 Å². The molecule has 0 saturated carbocycles. The second kappa shape index (κ2) is 5.14. The molecule has 0 aliphatic heterocycles. The highest BCUT2D eigenvalue weighted by atomic mass is 35.5. The van der Waals surface area contributed by atoms with E-state index >= 15 is 0 Å². The summed E-state index contributed by atoms with van der Waals surface area (Å²) in [6.45, 7) is 4.07. The third kappa shape index (κ3) is 2.61. The Morgan fingerprint density at radius 3 is 2.45 bits per heavy atom. The molecule has 0 spiro atoms. The van der Waals surface area contributed by atoms with Crippen LogP contribution >= 0.6 is 11.6 Å². The van der Waals surface area contributed by atoms with Crippen molar-refractivity contribution in [3.05, 3.63) is 64.8 Å². The van der Waals surface area contributed by atoms with E-state index in [0.717, 1.165) is 28.0 Å². The first-order valence-corrected chi connectivity index (χ1v) is 6.90. The SMILES string of the molecule is Cc1ccc(Nc2cc(C)nc3cc(Cl)ccc23)cc1. The number of fused-ring (bicyclic) bond motifs is 1. The lowest BCUT2D eigenvalue weighted by Gasteiger charge is -2.11. The summed E-state index contributed by atoms with van der Waals surface area (Å²) in [6, 6.07) is 16.2. The van der Waals surface area contributed by atoms with E-state index < -0.39 is 0 Å². The van der Waals surface area contributed by atoms with Gasteiger partial charge in [0.05, 0.1) is 5.52 Å². The van der Waals surface area contributed by atoms with Crippen molar-refractivity contribution in [3.63, 3.8) is 0 Å². The Hall–Kier alpha value is -2.06. The number of anilines is 2. The Morgan fingerprint density at radius 1 is 0.950 bits per heavy atom. The normalized spacial score (nSPS) is 10.8. The number of halogens is 1. The van der Waals surface area contributed by atoms with E-state index in [4.69, 9.17) is 11.6 Å². The largest absolute Gasteiger partial charge is 0.355 e. The van der Waals surface area contributed by atoms with Gasteiger partial charge >= 0.3 is 0 Å². The molecular weight excluding hydrogens is 268 g/mol. The number of benzene rings is 2. The van der Waals surface area contributed by atoms with Crippen molar-refractivity contribution in [1.29, 1.82) is 0 Å². The standard InChI is InChI=1S/C17H15ClN2/c1-11-3-6-14(7-4-11)20-16-9-12(2)19-17-10-13(18)5-8-15(16)17/h3-10H,1-2H3,(H,19,20). The molecule has 100 valence electrons. The minimum atomic E-state index is 0.705. The van der Waals surface area contributed by atoms with Gasteiger partial charge in [0.25, 0.3) is 0 Å². The number of rotatable bonds is 2. The molecule has 3 rings (SSSR count). The Morgan fingerprint density at radius 2 is 1.70 bits per heavy atom. The van der Waals surface area contributed by atoms with Crippen LogP contribution in [0.3, 0.4) is 0 Å². The Bertz CT molecular complexity index is 759. The molecule has 0 unspecified atom stereocenters. The van der Waals surface area contributed by atoms with E-state index in [2.05, 4.69) is 47.6 Å². The smallest absolute Gasteiger partial charge is 0.0740 e. The molecule has 2 aromatic carbocycles. The van der Waals surface area contributed by atoms with E-state index in [9.17, 15) is 0 Å². The van der Waals surface area contributed by atoms with Crippen molar-refractivity contribution < 1.29 is 0 Å². The van der Waals surface area contributed by atoms with E-state index in [1.165, 1.54) is 5.56 Å². The fourth-order valence-electron chi connectivity index (χ4n) is 2.23. The highest BCUT2D eigenvalue weighted by Crippen LogP contribution is 2.28. The van der Waals surface area contributed by atoms with Crippen molar-refractivity contribution in [2.24, 2.45) is 0 Å². The lowest BCUT2D eigenvalue weighted by atomic mass is 10.1. The molecule has 0 amide bonds. The summed E-state index contributed by atoms with van der Waals surface area (Å²) in [5.41, 5.74) is 5.24. The molecular formula is C17H15ClN2. The van der Waals surface area contributed by atoms with Gasteiger partial charge in [-0.3, -0.25) is 4.98 Å². The topological polar surface area (TPSA) is 24.9 Å². The van der Waals surface area contributed by atoms with Crippen LogP contribution in [-0.4, -0.2) is 4.98 Å². The summed E-state index contributed by atoms with van der Waals surface area (Å²) in [7, 11) is 0. The van der Waals surface area contributed by atoms with Gasteiger partial charge in [0.15, 0.2) is 0 Å². The molecule has 0 atom stereocenters. The molecule has 0 fully saturated rings. The summed E-state index contributed by atoms with van der Waals surface area (Å²) in [5.74, 6) is 0. The van der Waals surface area contributed by atoms with E-state index in [1.807, 2.05) is 25.1 Å². The lowest BCUT2D eigenvalue weighted by molar-refractivity contribution is 1.25. The van der Waals surface area contributed by atoms with Crippen LogP contribution in [0.4, 0.5) is 11.4 Å². The Balaban J connectivity index is 2.08. The van der Waals surface area contributed by atoms with E-state index in [0.29, 0.717) is 5.02 Å². The lowest BCUT2D eigenvalue weighted by Crippen LogP contribution is -1.94. The molecule has 3 aromatic rings. The molecule has 1 N–H and O–H groups in total. The summed E-state index contributed by atoms with van der Waals surface area (Å²) < 4.78 is 0. The predicted molar refractivity (Wildman–Crippen MR) is 86.0 cm³/mol. The maximum atomic E-state index is 6.04. The van der Waals surface area contributed by atoms with Gasteiger partial charge in [-0.15, -0.1) is 0 Å². The number of aryl methyl sites for hydroxylation is 2. The summed E-state index contributed by atoms with van der Waals surface area (Å²) >= 11 is 6.04. The molecule has 0 aliphatic carbocycles. The second-order valence-electron chi connectivity index (χ2n) is 4.96. The van der Waals surface area contributed by atoms with Gasteiger partial charge in [-0.1, -0.05) is 29.3 Å². The third-order valence-corrected chi connectivity index (χ3v) is 3.47. The fraction of sp³-hybridized carbons (Fsp3) is 0.118. The van der Waals surface area contributed by atoms with Crippen molar-refractivity contribution in [1.82, 2.24) is 4.98 Å². The number of aromatic nitrogens is 1. The number of nitrogens with one attached hydrogen (secondary N) is 1. The molecule has 0 aliphatic rings. The van der Waals surface area contributed by atoms with Crippen molar-refractivity contribution >= 4 is 33.9 Å². The maximum absolute atomic E-state index is 6.04. The van der Waals surface area contributed by atoms with Gasteiger partial charge in [-0.25, -0.2) is 0 Å².